The van der Waals surface area contributed by atoms with E-state index in [0.717, 1.165) is 11.3 Å². The highest BCUT2D eigenvalue weighted by Crippen LogP contribution is 2.35. The van der Waals surface area contributed by atoms with Crippen molar-refractivity contribution in [3.63, 3.8) is 0 Å². The van der Waals surface area contributed by atoms with Crippen LogP contribution < -0.4 is 0 Å². The average molecular weight is 279 g/mol. The zero-order chi connectivity index (χ0) is 14.4. The quantitative estimate of drug-likeness (QED) is 0.917. The standard InChI is InChI=1S/C13H17N3O2S/c1-7-9(12(17)18)14-11(19-7)8-6-16(5)15-10(8)13(2,3)4/h6H,1-5H3,(H,17,18). The van der Waals surface area contributed by atoms with Crippen LogP contribution in [-0.4, -0.2) is 25.8 Å². The first kappa shape index (κ1) is 13.7. The first-order valence-electron chi connectivity index (χ1n) is 5.95. The number of aromatic nitrogens is 3. The Morgan fingerprint density at radius 3 is 2.53 bits per heavy atom. The highest BCUT2D eigenvalue weighted by Gasteiger charge is 2.25. The third-order valence-electron chi connectivity index (χ3n) is 2.77. The van der Waals surface area contributed by atoms with E-state index in [-0.39, 0.29) is 11.1 Å². The van der Waals surface area contributed by atoms with E-state index in [1.807, 2.05) is 13.2 Å². The van der Waals surface area contributed by atoms with Gasteiger partial charge in [-0.25, -0.2) is 9.78 Å². The van der Waals surface area contributed by atoms with E-state index in [1.165, 1.54) is 11.3 Å². The lowest BCUT2D eigenvalue weighted by atomic mass is 9.90. The van der Waals surface area contributed by atoms with Gasteiger partial charge >= 0.3 is 5.97 Å². The molecule has 2 rings (SSSR count). The van der Waals surface area contributed by atoms with Gasteiger partial charge in [0.25, 0.3) is 0 Å². The molecule has 2 aromatic rings. The van der Waals surface area contributed by atoms with Crippen molar-refractivity contribution < 1.29 is 9.90 Å². The highest BCUT2D eigenvalue weighted by molar-refractivity contribution is 7.15. The van der Waals surface area contributed by atoms with Crippen molar-refractivity contribution in [2.45, 2.75) is 33.1 Å². The number of carbonyl (C=O) groups is 1. The molecule has 0 radical (unpaired) electrons. The van der Waals surface area contributed by atoms with Crippen LogP contribution in [0.25, 0.3) is 10.6 Å². The van der Waals surface area contributed by atoms with Crippen molar-refractivity contribution in [1.29, 1.82) is 0 Å². The summed E-state index contributed by atoms with van der Waals surface area (Å²) in [6, 6.07) is 0. The number of aryl methyl sites for hydroxylation is 2. The number of rotatable bonds is 2. The molecule has 19 heavy (non-hydrogen) atoms. The van der Waals surface area contributed by atoms with Gasteiger partial charge in [-0.1, -0.05) is 20.8 Å². The molecular weight excluding hydrogens is 262 g/mol. The number of hydrogen-bond acceptors (Lipinski definition) is 4. The van der Waals surface area contributed by atoms with Gasteiger partial charge < -0.3 is 5.11 Å². The number of carboxylic acids is 1. The Morgan fingerprint density at radius 2 is 2.05 bits per heavy atom. The van der Waals surface area contributed by atoms with Crippen LogP contribution in [0.3, 0.4) is 0 Å². The van der Waals surface area contributed by atoms with E-state index < -0.39 is 5.97 Å². The maximum atomic E-state index is 11.1. The van der Waals surface area contributed by atoms with Crippen molar-refractivity contribution in [3.8, 4) is 10.6 Å². The van der Waals surface area contributed by atoms with Gasteiger partial charge in [0.1, 0.15) is 5.01 Å². The summed E-state index contributed by atoms with van der Waals surface area (Å²) >= 11 is 1.39. The summed E-state index contributed by atoms with van der Waals surface area (Å²) in [5.41, 5.74) is 1.86. The number of hydrogen-bond donors (Lipinski definition) is 1. The molecule has 2 heterocycles. The fourth-order valence-corrected chi connectivity index (χ4v) is 2.82. The molecule has 2 aromatic heterocycles. The number of carboxylic acid groups (broad SMARTS) is 1. The van der Waals surface area contributed by atoms with E-state index in [1.54, 1.807) is 11.6 Å². The molecule has 0 aliphatic carbocycles. The van der Waals surface area contributed by atoms with Crippen molar-refractivity contribution in [2.75, 3.05) is 0 Å². The molecule has 0 amide bonds. The lowest BCUT2D eigenvalue weighted by molar-refractivity contribution is 0.0690. The van der Waals surface area contributed by atoms with Gasteiger partial charge in [0.2, 0.25) is 0 Å². The maximum Gasteiger partial charge on any atom is 0.355 e. The Labute approximate surface area is 115 Å². The van der Waals surface area contributed by atoms with Gasteiger partial charge in [0.05, 0.1) is 11.3 Å². The smallest absolute Gasteiger partial charge is 0.355 e. The summed E-state index contributed by atoms with van der Waals surface area (Å²) in [6.07, 6.45) is 1.89. The van der Waals surface area contributed by atoms with Crippen molar-refractivity contribution in [3.05, 3.63) is 22.5 Å². The molecule has 5 nitrogen and oxygen atoms in total. The van der Waals surface area contributed by atoms with Crippen molar-refractivity contribution in [2.24, 2.45) is 7.05 Å². The Hall–Kier alpha value is -1.69. The molecule has 0 bridgehead atoms. The fraction of sp³-hybridized carbons (Fsp3) is 0.462. The van der Waals surface area contributed by atoms with Gasteiger partial charge in [-0.3, -0.25) is 4.68 Å². The second kappa shape index (κ2) is 4.45. The summed E-state index contributed by atoms with van der Waals surface area (Å²) in [7, 11) is 1.86. The molecule has 0 aromatic carbocycles. The van der Waals surface area contributed by atoms with Crippen LogP contribution in [0, 0.1) is 6.92 Å². The third-order valence-corrected chi connectivity index (χ3v) is 3.77. The largest absolute Gasteiger partial charge is 0.476 e. The van der Waals surface area contributed by atoms with Crippen LogP contribution in [0.5, 0.6) is 0 Å². The van der Waals surface area contributed by atoms with Crippen LogP contribution in [0.4, 0.5) is 0 Å². The predicted octanol–water partition coefficient (Wildman–Crippen LogP) is 2.85. The molecule has 0 fully saturated rings. The molecule has 0 spiro atoms. The first-order valence-corrected chi connectivity index (χ1v) is 6.77. The van der Waals surface area contributed by atoms with Crippen LogP contribution in [0.15, 0.2) is 6.20 Å². The summed E-state index contributed by atoms with van der Waals surface area (Å²) in [6.45, 7) is 8.02. The van der Waals surface area contributed by atoms with E-state index in [4.69, 9.17) is 5.11 Å². The minimum Gasteiger partial charge on any atom is -0.476 e. The van der Waals surface area contributed by atoms with Gasteiger partial charge in [0.15, 0.2) is 5.69 Å². The average Bonchev–Trinajstić information content (AvgIpc) is 2.80. The second-order valence-electron chi connectivity index (χ2n) is 5.54. The van der Waals surface area contributed by atoms with E-state index in [2.05, 4.69) is 30.9 Å². The van der Waals surface area contributed by atoms with E-state index in [9.17, 15) is 4.79 Å². The molecule has 0 aliphatic heterocycles. The molecule has 6 heteroatoms. The summed E-state index contributed by atoms with van der Waals surface area (Å²) in [5, 5.41) is 14.3. The SMILES string of the molecule is Cc1sc(-c2cn(C)nc2C(C)(C)C)nc1C(=O)O. The van der Waals surface area contributed by atoms with Crippen LogP contribution >= 0.6 is 11.3 Å². The summed E-state index contributed by atoms with van der Waals surface area (Å²) < 4.78 is 1.74. The molecular formula is C13H17N3O2S. The summed E-state index contributed by atoms with van der Waals surface area (Å²) in [4.78, 5) is 16.0. The minimum absolute atomic E-state index is 0.112. The topological polar surface area (TPSA) is 68.0 Å². The predicted molar refractivity (Wildman–Crippen MR) is 74.7 cm³/mol. The molecule has 0 unspecified atom stereocenters. The van der Waals surface area contributed by atoms with E-state index in [0.29, 0.717) is 9.88 Å². The third kappa shape index (κ3) is 2.53. The van der Waals surface area contributed by atoms with Crippen LogP contribution in [0.1, 0.15) is 41.8 Å². The van der Waals surface area contributed by atoms with Crippen molar-refractivity contribution in [1.82, 2.24) is 14.8 Å². The molecule has 1 N–H and O–H groups in total. The minimum atomic E-state index is -0.985. The Morgan fingerprint density at radius 1 is 1.42 bits per heavy atom. The van der Waals surface area contributed by atoms with Gasteiger partial charge in [-0.05, 0) is 6.92 Å². The monoisotopic (exact) mass is 279 g/mol. The fourth-order valence-electron chi connectivity index (χ4n) is 1.91. The normalized spacial score (nSPS) is 11.8. The second-order valence-corrected chi connectivity index (χ2v) is 6.75. The maximum absolute atomic E-state index is 11.1. The molecule has 0 aliphatic rings. The zero-order valence-electron chi connectivity index (χ0n) is 11.7. The van der Waals surface area contributed by atoms with Gasteiger partial charge in [0, 0.05) is 23.5 Å². The van der Waals surface area contributed by atoms with Crippen LogP contribution in [0.2, 0.25) is 0 Å². The first-order chi connectivity index (χ1) is 8.70. The zero-order valence-corrected chi connectivity index (χ0v) is 12.5. The van der Waals surface area contributed by atoms with Gasteiger partial charge in [-0.2, -0.15) is 5.10 Å². The highest BCUT2D eigenvalue weighted by atomic mass is 32.1. The Bertz CT molecular complexity index is 635. The number of aromatic carboxylic acids is 1. The lowest BCUT2D eigenvalue weighted by Crippen LogP contribution is -2.13. The Kier molecular flexibility index (Phi) is 3.22. The number of thiazole rings is 1. The molecule has 0 saturated heterocycles. The summed E-state index contributed by atoms with van der Waals surface area (Å²) in [5.74, 6) is -0.985. The molecule has 0 saturated carbocycles. The van der Waals surface area contributed by atoms with E-state index >= 15 is 0 Å². The number of nitrogens with zero attached hydrogens (tertiary/aromatic N) is 3. The van der Waals surface area contributed by atoms with Crippen LogP contribution in [-0.2, 0) is 12.5 Å². The molecule has 102 valence electrons. The van der Waals surface area contributed by atoms with Crippen molar-refractivity contribution >= 4 is 17.3 Å². The Balaban J connectivity index is 2.59. The molecule has 0 atom stereocenters. The lowest BCUT2D eigenvalue weighted by Gasteiger charge is -2.16. The van der Waals surface area contributed by atoms with Gasteiger partial charge in [-0.15, -0.1) is 11.3 Å².